The number of fused-ring (bicyclic) bond motifs is 1. The summed E-state index contributed by atoms with van der Waals surface area (Å²) in [5.74, 6) is -0.994. The van der Waals surface area contributed by atoms with Crippen molar-refractivity contribution in [1.29, 1.82) is 0 Å². The number of para-hydroxylation sites is 1. The minimum atomic E-state index is -3.91. The van der Waals surface area contributed by atoms with Crippen molar-refractivity contribution >= 4 is 27.0 Å². The molecule has 6 nitrogen and oxygen atoms in total. The SMILES string of the molecule is COC(=O)[C@@H]1CC[C@@H]1S(=O)(=O)Oc1cccc2cccnc12. The number of nitrogens with zero attached hydrogens (tertiary/aromatic N) is 1. The summed E-state index contributed by atoms with van der Waals surface area (Å²) < 4.78 is 34.7. The first kappa shape index (κ1) is 14.8. The van der Waals surface area contributed by atoms with E-state index in [9.17, 15) is 13.2 Å². The van der Waals surface area contributed by atoms with Gasteiger partial charge in [-0.25, -0.2) is 0 Å². The van der Waals surface area contributed by atoms with Crippen LogP contribution in [0.4, 0.5) is 0 Å². The monoisotopic (exact) mass is 321 g/mol. The van der Waals surface area contributed by atoms with E-state index in [0.29, 0.717) is 18.4 Å². The molecule has 0 N–H and O–H groups in total. The Morgan fingerprint density at radius 3 is 2.68 bits per heavy atom. The number of carbonyl (C=O) groups is 1. The van der Waals surface area contributed by atoms with Gasteiger partial charge in [-0.2, -0.15) is 8.42 Å². The van der Waals surface area contributed by atoms with E-state index in [2.05, 4.69) is 9.72 Å². The van der Waals surface area contributed by atoms with E-state index in [1.807, 2.05) is 12.1 Å². The number of esters is 1. The standard InChI is InChI=1S/C15H15NO5S/c1-20-15(17)11-7-8-13(11)22(18,19)21-12-6-2-4-10-5-3-9-16-14(10)12/h2-6,9,11,13H,7-8H2,1H3/t11-,13+/m1/s1. The molecule has 1 aliphatic rings. The number of aromatic nitrogens is 1. The number of rotatable bonds is 4. The summed E-state index contributed by atoms with van der Waals surface area (Å²) in [6.45, 7) is 0. The number of ether oxygens (including phenoxy) is 1. The van der Waals surface area contributed by atoms with E-state index < -0.39 is 27.3 Å². The van der Waals surface area contributed by atoms with Gasteiger partial charge in [0.1, 0.15) is 10.8 Å². The largest absolute Gasteiger partial charge is 0.469 e. The molecule has 22 heavy (non-hydrogen) atoms. The zero-order chi connectivity index (χ0) is 15.7. The van der Waals surface area contributed by atoms with Crippen LogP contribution in [0.25, 0.3) is 10.9 Å². The molecule has 1 aromatic heterocycles. The maximum Gasteiger partial charge on any atom is 0.313 e. The van der Waals surface area contributed by atoms with E-state index in [0.717, 1.165) is 5.39 Å². The highest BCUT2D eigenvalue weighted by molar-refractivity contribution is 7.87. The van der Waals surface area contributed by atoms with Gasteiger partial charge < -0.3 is 8.92 Å². The van der Waals surface area contributed by atoms with Crippen LogP contribution in [0.2, 0.25) is 0 Å². The summed E-state index contributed by atoms with van der Waals surface area (Å²) in [6.07, 6.45) is 2.45. The number of methoxy groups -OCH3 is 1. The quantitative estimate of drug-likeness (QED) is 0.632. The minimum Gasteiger partial charge on any atom is -0.469 e. The molecule has 1 heterocycles. The predicted molar refractivity (Wildman–Crippen MR) is 79.8 cm³/mol. The smallest absolute Gasteiger partial charge is 0.313 e. The molecule has 0 aliphatic heterocycles. The number of hydrogen-bond donors (Lipinski definition) is 0. The molecule has 0 radical (unpaired) electrons. The highest BCUT2D eigenvalue weighted by Gasteiger charge is 2.47. The van der Waals surface area contributed by atoms with Crippen molar-refractivity contribution in [3.05, 3.63) is 36.5 Å². The van der Waals surface area contributed by atoms with Gasteiger partial charge in [0, 0.05) is 11.6 Å². The van der Waals surface area contributed by atoms with Crippen LogP contribution in [0.15, 0.2) is 36.5 Å². The Labute approximate surface area is 128 Å². The number of carbonyl (C=O) groups excluding carboxylic acids is 1. The first-order chi connectivity index (χ1) is 10.5. The summed E-state index contributed by atoms with van der Waals surface area (Å²) in [4.78, 5) is 15.7. The Morgan fingerprint density at radius 1 is 1.23 bits per heavy atom. The lowest BCUT2D eigenvalue weighted by molar-refractivity contribution is -0.148. The molecular formula is C15H15NO5S. The minimum absolute atomic E-state index is 0.175. The van der Waals surface area contributed by atoms with Crippen LogP contribution < -0.4 is 4.18 Å². The summed E-state index contributed by atoms with van der Waals surface area (Å²) in [7, 11) is -2.66. The molecule has 1 saturated carbocycles. The van der Waals surface area contributed by atoms with Crippen molar-refractivity contribution in [3.63, 3.8) is 0 Å². The Morgan fingerprint density at radius 2 is 2.00 bits per heavy atom. The number of benzene rings is 1. The van der Waals surface area contributed by atoms with Crippen LogP contribution in [0.1, 0.15) is 12.8 Å². The van der Waals surface area contributed by atoms with Crippen molar-refractivity contribution in [1.82, 2.24) is 4.98 Å². The molecule has 0 bridgehead atoms. The van der Waals surface area contributed by atoms with Gasteiger partial charge in [0.15, 0.2) is 5.75 Å². The first-order valence-electron chi connectivity index (χ1n) is 6.88. The van der Waals surface area contributed by atoms with Crippen LogP contribution in [-0.2, 0) is 19.6 Å². The van der Waals surface area contributed by atoms with E-state index in [1.165, 1.54) is 7.11 Å². The van der Waals surface area contributed by atoms with Gasteiger partial charge in [-0.3, -0.25) is 9.78 Å². The van der Waals surface area contributed by atoms with E-state index in [-0.39, 0.29) is 5.75 Å². The van der Waals surface area contributed by atoms with Crippen LogP contribution in [0.5, 0.6) is 5.75 Å². The Balaban J connectivity index is 1.89. The summed E-state index contributed by atoms with van der Waals surface area (Å²) in [6, 6.07) is 8.66. The van der Waals surface area contributed by atoms with E-state index >= 15 is 0 Å². The second-order valence-electron chi connectivity index (χ2n) is 5.15. The second-order valence-corrected chi connectivity index (χ2v) is 6.91. The van der Waals surface area contributed by atoms with Gasteiger partial charge in [-0.05, 0) is 25.0 Å². The third-order valence-electron chi connectivity index (χ3n) is 3.89. The molecule has 1 fully saturated rings. The van der Waals surface area contributed by atoms with Crippen LogP contribution in [-0.4, -0.2) is 31.7 Å². The van der Waals surface area contributed by atoms with Crippen molar-refractivity contribution in [3.8, 4) is 5.75 Å². The molecule has 0 saturated heterocycles. The molecule has 7 heteroatoms. The molecular weight excluding hydrogens is 306 g/mol. The molecule has 2 atom stereocenters. The molecule has 1 aliphatic carbocycles. The Hall–Kier alpha value is -2.15. The summed E-state index contributed by atoms with van der Waals surface area (Å²) in [5.41, 5.74) is 0.475. The van der Waals surface area contributed by atoms with Crippen molar-refractivity contribution in [2.45, 2.75) is 18.1 Å². The van der Waals surface area contributed by atoms with E-state index in [4.69, 9.17) is 4.18 Å². The predicted octanol–water partition coefficient (Wildman–Crippen LogP) is 1.89. The summed E-state index contributed by atoms with van der Waals surface area (Å²) >= 11 is 0. The third-order valence-corrected chi connectivity index (χ3v) is 5.61. The molecule has 1 aromatic carbocycles. The fourth-order valence-corrected chi connectivity index (χ4v) is 4.15. The first-order valence-corrected chi connectivity index (χ1v) is 8.35. The highest BCUT2D eigenvalue weighted by Crippen LogP contribution is 2.36. The van der Waals surface area contributed by atoms with Gasteiger partial charge in [0.2, 0.25) is 0 Å². The fraction of sp³-hybridized carbons (Fsp3) is 0.333. The number of pyridine rings is 1. The highest BCUT2D eigenvalue weighted by atomic mass is 32.2. The maximum atomic E-state index is 12.4. The molecule has 3 rings (SSSR count). The lowest BCUT2D eigenvalue weighted by Gasteiger charge is -2.32. The van der Waals surface area contributed by atoms with Crippen molar-refractivity contribution in [2.75, 3.05) is 7.11 Å². The molecule has 0 unspecified atom stereocenters. The van der Waals surface area contributed by atoms with Gasteiger partial charge in [-0.15, -0.1) is 0 Å². The fourth-order valence-electron chi connectivity index (χ4n) is 2.57. The second kappa shape index (κ2) is 5.57. The zero-order valence-electron chi connectivity index (χ0n) is 11.9. The Bertz CT molecular complexity index is 812. The van der Waals surface area contributed by atoms with Crippen molar-refractivity contribution in [2.24, 2.45) is 5.92 Å². The topological polar surface area (TPSA) is 82.6 Å². The van der Waals surface area contributed by atoms with Crippen molar-refractivity contribution < 1.29 is 22.1 Å². The average Bonchev–Trinajstić information content (AvgIpc) is 2.45. The van der Waals surface area contributed by atoms with Gasteiger partial charge in [-0.1, -0.05) is 18.2 Å². The van der Waals surface area contributed by atoms with Crippen LogP contribution >= 0.6 is 0 Å². The zero-order valence-corrected chi connectivity index (χ0v) is 12.7. The molecule has 0 amide bonds. The average molecular weight is 321 g/mol. The molecule has 2 aromatic rings. The molecule has 116 valence electrons. The summed E-state index contributed by atoms with van der Waals surface area (Å²) in [5, 5.41) is -0.0766. The van der Waals surface area contributed by atoms with Crippen LogP contribution in [0.3, 0.4) is 0 Å². The lowest BCUT2D eigenvalue weighted by Crippen LogP contribution is -2.45. The number of hydrogen-bond acceptors (Lipinski definition) is 6. The Kier molecular flexibility index (Phi) is 3.74. The lowest BCUT2D eigenvalue weighted by atomic mass is 9.85. The maximum absolute atomic E-state index is 12.4. The normalized spacial score (nSPS) is 21.1. The van der Waals surface area contributed by atoms with Gasteiger partial charge >= 0.3 is 16.1 Å². The third kappa shape index (κ3) is 2.52. The van der Waals surface area contributed by atoms with E-state index in [1.54, 1.807) is 24.4 Å². The van der Waals surface area contributed by atoms with Gasteiger partial charge in [0.05, 0.1) is 13.0 Å². The molecule has 0 spiro atoms. The van der Waals surface area contributed by atoms with Gasteiger partial charge in [0.25, 0.3) is 0 Å². The van der Waals surface area contributed by atoms with Crippen LogP contribution in [0, 0.1) is 5.92 Å².